The molecule has 2 atom stereocenters. The van der Waals surface area contributed by atoms with Crippen molar-refractivity contribution in [2.75, 3.05) is 47.5 Å². The number of carbonyl (C=O) groups excluding carboxylic acids is 2. The molecule has 0 spiro atoms. The number of phosphoric ester groups is 1. The molecule has 284 valence electrons. The Labute approximate surface area is 299 Å². The molecule has 0 aliphatic carbocycles. The average molecular weight is 713 g/mol. The molecule has 9 nitrogen and oxygen atoms in total. The van der Waals surface area contributed by atoms with Crippen LogP contribution in [0.2, 0.25) is 0 Å². The highest BCUT2D eigenvalue weighted by Gasteiger charge is 2.27. The van der Waals surface area contributed by atoms with Crippen molar-refractivity contribution in [1.82, 2.24) is 0 Å². The molecule has 0 heterocycles. The second-order valence-electron chi connectivity index (χ2n) is 13.6. The number of allylic oxidation sites excluding steroid dienone is 8. The summed E-state index contributed by atoms with van der Waals surface area (Å²) in [5.41, 5.74) is 0. The van der Waals surface area contributed by atoms with Gasteiger partial charge in [0.15, 0.2) is 6.10 Å². The first-order valence-corrected chi connectivity index (χ1v) is 20.4. The summed E-state index contributed by atoms with van der Waals surface area (Å²) in [7, 11) is 1.43. The summed E-state index contributed by atoms with van der Waals surface area (Å²) in [6.07, 6.45) is 34.7. The number of nitrogens with zero attached hydrogens (tertiary/aromatic N) is 1. The van der Waals surface area contributed by atoms with E-state index in [1.54, 1.807) is 0 Å². The molecule has 1 N–H and O–H groups in total. The van der Waals surface area contributed by atoms with Crippen molar-refractivity contribution < 1.29 is 42.1 Å². The van der Waals surface area contributed by atoms with Crippen LogP contribution in [0.15, 0.2) is 48.6 Å². The van der Waals surface area contributed by atoms with Crippen LogP contribution in [-0.4, -0.2) is 74.9 Å². The summed E-state index contributed by atoms with van der Waals surface area (Å²) in [5, 5.41) is 0. The van der Waals surface area contributed by atoms with Crippen LogP contribution in [0.1, 0.15) is 136 Å². The van der Waals surface area contributed by atoms with Gasteiger partial charge in [-0.05, 0) is 57.8 Å². The van der Waals surface area contributed by atoms with E-state index in [0.29, 0.717) is 23.9 Å². The van der Waals surface area contributed by atoms with E-state index >= 15 is 0 Å². The smallest absolute Gasteiger partial charge is 0.462 e. The van der Waals surface area contributed by atoms with Crippen LogP contribution in [0, 0.1) is 0 Å². The van der Waals surface area contributed by atoms with Crippen molar-refractivity contribution in [3.05, 3.63) is 48.6 Å². The SMILES string of the molecule is CC/C=C/C/C=C/CCCCCCCC(=O)OCC(COP(=O)(O)OCC[N+](C)(C)C)OC(=O)CC/C=C/C/C=C/CCCCCCCC. The molecule has 0 aliphatic heterocycles. The topological polar surface area (TPSA) is 108 Å². The summed E-state index contributed by atoms with van der Waals surface area (Å²) < 4.78 is 34.0. The van der Waals surface area contributed by atoms with Gasteiger partial charge in [-0.2, -0.15) is 0 Å². The van der Waals surface area contributed by atoms with Crippen LogP contribution in [0.4, 0.5) is 0 Å². The number of ether oxygens (including phenoxy) is 2. The first-order valence-electron chi connectivity index (χ1n) is 18.9. The van der Waals surface area contributed by atoms with E-state index in [2.05, 4.69) is 50.3 Å². The lowest BCUT2D eigenvalue weighted by atomic mass is 10.1. The maximum atomic E-state index is 12.6. The minimum Gasteiger partial charge on any atom is -0.462 e. The van der Waals surface area contributed by atoms with Gasteiger partial charge >= 0.3 is 19.8 Å². The predicted octanol–water partition coefficient (Wildman–Crippen LogP) is 9.96. The van der Waals surface area contributed by atoms with Gasteiger partial charge in [0.2, 0.25) is 0 Å². The first kappa shape index (κ1) is 47.0. The molecule has 0 saturated heterocycles. The van der Waals surface area contributed by atoms with Crippen LogP contribution in [0.25, 0.3) is 0 Å². The van der Waals surface area contributed by atoms with Gasteiger partial charge in [0.1, 0.15) is 19.8 Å². The number of esters is 2. The predicted molar refractivity (Wildman–Crippen MR) is 201 cm³/mol. The third-order valence-corrected chi connectivity index (χ3v) is 8.59. The van der Waals surface area contributed by atoms with E-state index in [-0.39, 0.29) is 26.1 Å². The van der Waals surface area contributed by atoms with E-state index in [1.807, 2.05) is 33.3 Å². The maximum absolute atomic E-state index is 12.6. The molecule has 0 bridgehead atoms. The summed E-state index contributed by atoms with van der Waals surface area (Å²) >= 11 is 0. The van der Waals surface area contributed by atoms with Crippen LogP contribution >= 0.6 is 7.82 Å². The Morgan fingerprint density at radius 1 is 0.653 bits per heavy atom. The van der Waals surface area contributed by atoms with E-state index in [4.69, 9.17) is 18.5 Å². The van der Waals surface area contributed by atoms with Crippen molar-refractivity contribution in [2.45, 2.75) is 142 Å². The fraction of sp³-hybridized carbons (Fsp3) is 0.744. The normalized spacial score (nSPS) is 14.3. The number of unbranched alkanes of at least 4 members (excludes halogenated alkanes) is 11. The Kier molecular flexibility index (Phi) is 30.6. The first-order chi connectivity index (χ1) is 23.5. The lowest BCUT2D eigenvalue weighted by molar-refractivity contribution is -0.870. The summed E-state index contributed by atoms with van der Waals surface area (Å²) in [6, 6.07) is 0. The van der Waals surface area contributed by atoms with Gasteiger partial charge in [-0.15, -0.1) is 0 Å². The molecule has 0 aromatic carbocycles. The van der Waals surface area contributed by atoms with Gasteiger partial charge in [0.05, 0.1) is 27.7 Å². The van der Waals surface area contributed by atoms with Gasteiger partial charge in [-0.1, -0.05) is 114 Å². The van der Waals surface area contributed by atoms with E-state index in [9.17, 15) is 19.0 Å². The quantitative estimate of drug-likeness (QED) is 0.0236. The second kappa shape index (κ2) is 31.9. The lowest BCUT2D eigenvalue weighted by Gasteiger charge is -2.24. The highest BCUT2D eigenvalue weighted by Crippen LogP contribution is 2.43. The molecule has 0 aromatic heterocycles. The molecule has 0 aromatic rings. The zero-order valence-corrected chi connectivity index (χ0v) is 32.6. The van der Waals surface area contributed by atoms with Gasteiger partial charge in [-0.25, -0.2) is 4.57 Å². The Hall–Kier alpha value is -2.03. The van der Waals surface area contributed by atoms with Crippen molar-refractivity contribution in [3.63, 3.8) is 0 Å². The van der Waals surface area contributed by atoms with E-state index in [1.165, 1.54) is 38.5 Å². The Balaban J connectivity index is 4.57. The Morgan fingerprint density at radius 2 is 1.20 bits per heavy atom. The zero-order chi connectivity index (χ0) is 36.5. The molecule has 2 unspecified atom stereocenters. The van der Waals surface area contributed by atoms with Gasteiger partial charge < -0.3 is 18.9 Å². The van der Waals surface area contributed by atoms with E-state index in [0.717, 1.165) is 57.8 Å². The highest BCUT2D eigenvalue weighted by molar-refractivity contribution is 7.47. The number of phosphoric acid groups is 1. The molecule has 0 radical (unpaired) electrons. The monoisotopic (exact) mass is 712 g/mol. The third-order valence-electron chi connectivity index (χ3n) is 7.61. The minimum absolute atomic E-state index is 0.0185. The fourth-order valence-electron chi connectivity index (χ4n) is 4.63. The number of rotatable bonds is 33. The molecule has 0 aliphatic rings. The Morgan fingerprint density at radius 3 is 1.80 bits per heavy atom. The zero-order valence-electron chi connectivity index (χ0n) is 31.7. The number of hydrogen-bond acceptors (Lipinski definition) is 7. The number of likely N-dealkylation sites (N-methyl/N-ethyl adjacent to an activating group) is 1. The Bertz CT molecular complexity index is 986. The molecule has 0 rings (SSSR count). The maximum Gasteiger partial charge on any atom is 0.472 e. The van der Waals surface area contributed by atoms with Gasteiger partial charge in [0.25, 0.3) is 0 Å². The number of hydrogen-bond donors (Lipinski definition) is 1. The van der Waals surface area contributed by atoms with E-state index < -0.39 is 32.5 Å². The molecular weight excluding hydrogens is 641 g/mol. The summed E-state index contributed by atoms with van der Waals surface area (Å²) in [5.74, 6) is -0.901. The lowest BCUT2D eigenvalue weighted by Crippen LogP contribution is -2.37. The summed E-state index contributed by atoms with van der Waals surface area (Å²) in [4.78, 5) is 35.1. The van der Waals surface area contributed by atoms with Crippen LogP contribution < -0.4 is 0 Å². The van der Waals surface area contributed by atoms with Crippen LogP contribution in [0.3, 0.4) is 0 Å². The standard InChI is InChI=1S/C39H70NO8P/c1-6-8-10-12-14-16-18-20-22-24-26-28-30-32-39(42)48-37(36-47-49(43,44)46-34-33-40(3,4)5)35-45-38(41)31-29-27-25-23-21-19-17-15-13-11-9-7-2/h9,11,15,17,20,22,26,28,37H,6-8,10,12-14,16,18-19,21,23-25,27,29-36H2,1-5H3/p+1/b11-9+,17-15+,22-20+,28-26+. The van der Waals surface area contributed by atoms with Crippen molar-refractivity contribution in [2.24, 2.45) is 0 Å². The van der Waals surface area contributed by atoms with Crippen LogP contribution in [0.5, 0.6) is 0 Å². The third kappa shape index (κ3) is 35.6. The highest BCUT2D eigenvalue weighted by atomic mass is 31.2. The van der Waals surface area contributed by atoms with Gasteiger partial charge in [0, 0.05) is 12.8 Å². The number of carbonyl (C=O) groups is 2. The molecule has 0 saturated carbocycles. The molecule has 10 heteroatoms. The molecule has 0 fully saturated rings. The average Bonchev–Trinajstić information content (AvgIpc) is 3.04. The van der Waals surface area contributed by atoms with Crippen molar-refractivity contribution in [1.29, 1.82) is 0 Å². The summed E-state index contributed by atoms with van der Waals surface area (Å²) in [6.45, 7) is 4.19. The fourth-order valence-corrected chi connectivity index (χ4v) is 5.37. The molecular formula is C39H71NO8P+. The number of quaternary nitrogens is 1. The van der Waals surface area contributed by atoms with Crippen molar-refractivity contribution >= 4 is 19.8 Å². The second-order valence-corrected chi connectivity index (χ2v) is 15.0. The van der Waals surface area contributed by atoms with Crippen molar-refractivity contribution in [3.8, 4) is 0 Å². The minimum atomic E-state index is -4.38. The molecule has 49 heavy (non-hydrogen) atoms. The van der Waals surface area contributed by atoms with Gasteiger partial charge in [-0.3, -0.25) is 18.6 Å². The largest absolute Gasteiger partial charge is 0.472 e. The molecule has 0 amide bonds. The van der Waals surface area contributed by atoms with Crippen LogP contribution in [-0.2, 0) is 32.7 Å².